The molecule has 4 aromatic rings. The van der Waals surface area contributed by atoms with Crippen molar-refractivity contribution in [2.45, 2.75) is 19.4 Å². The quantitative estimate of drug-likeness (QED) is 0.460. The summed E-state index contributed by atoms with van der Waals surface area (Å²) >= 11 is 0. The Bertz CT molecular complexity index is 1090. The molecule has 1 N–H and O–H groups in total. The third-order valence-electron chi connectivity index (χ3n) is 4.93. The van der Waals surface area contributed by atoms with Gasteiger partial charge in [-0.25, -0.2) is 0 Å². The molecule has 156 valence electrons. The Hall–Kier alpha value is -3.93. The highest BCUT2D eigenvalue weighted by atomic mass is 16.5. The monoisotopic (exact) mass is 413 g/mol. The number of amides is 1. The number of nitrogens with zero attached hydrogens (tertiary/aromatic N) is 2. The molecule has 6 heteroatoms. The van der Waals surface area contributed by atoms with Gasteiger partial charge in [0, 0.05) is 19.4 Å². The average molecular weight is 413 g/mol. The van der Waals surface area contributed by atoms with E-state index in [0.29, 0.717) is 29.6 Å². The highest BCUT2D eigenvalue weighted by molar-refractivity contribution is 5.96. The summed E-state index contributed by atoms with van der Waals surface area (Å²) in [6, 6.07) is 27.5. The van der Waals surface area contributed by atoms with Gasteiger partial charge in [-0.15, -0.1) is 0 Å². The zero-order valence-corrected chi connectivity index (χ0v) is 17.2. The van der Waals surface area contributed by atoms with E-state index in [9.17, 15) is 4.79 Å². The summed E-state index contributed by atoms with van der Waals surface area (Å²) in [7, 11) is 0. The van der Waals surface area contributed by atoms with E-state index in [0.717, 1.165) is 11.1 Å². The molecule has 0 unspecified atom stereocenters. The predicted molar refractivity (Wildman–Crippen MR) is 117 cm³/mol. The van der Waals surface area contributed by atoms with Crippen LogP contribution in [0.3, 0.4) is 0 Å². The van der Waals surface area contributed by atoms with Gasteiger partial charge in [-0.3, -0.25) is 4.79 Å². The van der Waals surface area contributed by atoms with Crippen molar-refractivity contribution in [3.63, 3.8) is 0 Å². The number of hydrogen-bond acceptors (Lipinski definition) is 5. The van der Waals surface area contributed by atoms with Crippen LogP contribution in [0.15, 0.2) is 89.5 Å². The van der Waals surface area contributed by atoms with Crippen LogP contribution in [0.4, 0.5) is 0 Å². The topological polar surface area (TPSA) is 77.2 Å². The third kappa shape index (κ3) is 5.17. The van der Waals surface area contributed by atoms with Gasteiger partial charge in [-0.05, 0) is 23.3 Å². The normalized spacial score (nSPS) is 10.8. The van der Waals surface area contributed by atoms with E-state index >= 15 is 0 Å². The molecule has 0 aliphatic heterocycles. The summed E-state index contributed by atoms with van der Waals surface area (Å²) < 4.78 is 10.7. The lowest BCUT2D eigenvalue weighted by atomic mass is 9.91. The maximum Gasteiger partial charge on any atom is 0.255 e. The molecule has 0 aliphatic rings. The summed E-state index contributed by atoms with van der Waals surface area (Å²) in [6.45, 7) is 2.30. The number of benzene rings is 3. The second kappa shape index (κ2) is 9.71. The van der Waals surface area contributed by atoms with E-state index in [1.54, 1.807) is 19.1 Å². The fourth-order valence-corrected chi connectivity index (χ4v) is 3.41. The first-order valence-corrected chi connectivity index (χ1v) is 10.1. The molecule has 6 nitrogen and oxygen atoms in total. The summed E-state index contributed by atoms with van der Waals surface area (Å²) in [5.74, 6) is 1.22. The van der Waals surface area contributed by atoms with Crippen molar-refractivity contribution in [1.29, 1.82) is 0 Å². The molecule has 0 fully saturated rings. The van der Waals surface area contributed by atoms with Crippen LogP contribution in [0, 0.1) is 6.92 Å². The Morgan fingerprint density at radius 1 is 0.935 bits per heavy atom. The average Bonchev–Trinajstić information content (AvgIpc) is 3.24. The fourth-order valence-electron chi connectivity index (χ4n) is 3.41. The van der Waals surface area contributed by atoms with E-state index in [-0.39, 0.29) is 18.4 Å². The van der Waals surface area contributed by atoms with Crippen molar-refractivity contribution >= 4 is 5.91 Å². The number of aryl methyl sites for hydroxylation is 1. The van der Waals surface area contributed by atoms with Crippen LogP contribution < -0.4 is 10.1 Å². The van der Waals surface area contributed by atoms with Crippen LogP contribution in [0.2, 0.25) is 0 Å². The van der Waals surface area contributed by atoms with Crippen LogP contribution in [0.5, 0.6) is 5.75 Å². The zero-order chi connectivity index (χ0) is 21.5. The maximum absolute atomic E-state index is 13.0. The van der Waals surface area contributed by atoms with Crippen LogP contribution in [-0.2, 0) is 6.61 Å². The Labute approximate surface area is 180 Å². The number of hydrogen-bond donors (Lipinski definition) is 1. The van der Waals surface area contributed by atoms with Gasteiger partial charge in [0.05, 0.1) is 5.56 Å². The molecule has 0 aliphatic carbocycles. The largest absolute Gasteiger partial charge is 0.485 e. The second-order valence-electron chi connectivity index (χ2n) is 7.10. The minimum atomic E-state index is -0.197. The number of carbonyl (C=O) groups excluding carboxylic acids is 1. The maximum atomic E-state index is 13.0. The van der Waals surface area contributed by atoms with Gasteiger partial charge < -0.3 is 14.6 Å². The van der Waals surface area contributed by atoms with Gasteiger partial charge in [0.2, 0.25) is 11.7 Å². The molecule has 1 amide bonds. The molecule has 1 aromatic heterocycles. The lowest BCUT2D eigenvalue weighted by molar-refractivity contribution is 0.0947. The second-order valence-corrected chi connectivity index (χ2v) is 7.10. The van der Waals surface area contributed by atoms with Crippen molar-refractivity contribution in [2.75, 3.05) is 6.54 Å². The zero-order valence-electron chi connectivity index (χ0n) is 17.2. The molecular formula is C25H23N3O3. The first kappa shape index (κ1) is 20.3. The van der Waals surface area contributed by atoms with Gasteiger partial charge in [-0.1, -0.05) is 78.0 Å². The standard InChI is InChI=1S/C25H23N3O3/c1-18-27-24(28-31-18)17-30-23-15-9-8-14-21(23)25(29)26-16-22(19-10-4-2-5-11-19)20-12-6-3-7-13-20/h2-15,22H,16-17H2,1H3,(H,26,29). The molecule has 0 radical (unpaired) electrons. The van der Waals surface area contributed by atoms with Gasteiger partial charge in [0.15, 0.2) is 6.61 Å². The minimum Gasteiger partial charge on any atom is -0.485 e. The number of nitrogens with one attached hydrogen (secondary N) is 1. The number of rotatable bonds is 8. The summed E-state index contributed by atoms with van der Waals surface area (Å²) in [6.07, 6.45) is 0. The van der Waals surface area contributed by atoms with Crippen molar-refractivity contribution in [3.8, 4) is 5.75 Å². The number of carbonyl (C=O) groups is 1. The van der Waals surface area contributed by atoms with Gasteiger partial charge >= 0.3 is 0 Å². The highest BCUT2D eigenvalue weighted by Gasteiger charge is 2.18. The lowest BCUT2D eigenvalue weighted by Gasteiger charge is -2.19. The molecule has 1 heterocycles. The Kier molecular flexibility index (Phi) is 6.38. The van der Waals surface area contributed by atoms with E-state index in [2.05, 4.69) is 39.7 Å². The molecule has 3 aromatic carbocycles. The molecule has 0 saturated heterocycles. The molecule has 0 spiro atoms. The fraction of sp³-hybridized carbons (Fsp3) is 0.160. The first-order chi connectivity index (χ1) is 15.2. The van der Waals surface area contributed by atoms with E-state index in [4.69, 9.17) is 9.26 Å². The third-order valence-corrected chi connectivity index (χ3v) is 4.93. The summed E-state index contributed by atoms with van der Waals surface area (Å²) in [5.41, 5.74) is 2.75. The summed E-state index contributed by atoms with van der Waals surface area (Å²) in [4.78, 5) is 17.1. The molecule has 0 saturated carbocycles. The predicted octanol–water partition coefficient (Wildman–Crippen LogP) is 4.52. The SMILES string of the molecule is Cc1nc(COc2ccccc2C(=O)NCC(c2ccccc2)c2ccccc2)no1. The van der Waals surface area contributed by atoms with E-state index < -0.39 is 0 Å². The van der Waals surface area contributed by atoms with Gasteiger partial charge in [0.1, 0.15) is 5.75 Å². The van der Waals surface area contributed by atoms with Gasteiger partial charge in [-0.2, -0.15) is 4.98 Å². The van der Waals surface area contributed by atoms with Crippen LogP contribution in [-0.4, -0.2) is 22.6 Å². The van der Waals surface area contributed by atoms with Crippen molar-refractivity contribution < 1.29 is 14.1 Å². The highest BCUT2D eigenvalue weighted by Crippen LogP contribution is 2.24. The molecule has 31 heavy (non-hydrogen) atoms. The van der Waals surface area contributed by atoms with Crippen LogP contribution >= 0.6 is 0 Å². The first-order valence-electron chi connectivity index (χ1n) is 10.1. The lowest BCUT2D eigenvalue weighted by Crippen LogP contribution is -2.29. The molecule has 0 bridgehead atoms. The number of ether oxygens (including phenoxy) is 1. The van der Waals surface area contributed by atoms with Crippen molar-refractivity contribution in [2.24, 2.45) is 0 Å². The Morgan fingerprint density at radius 3 is 2.16 bits per heavy atom. The Morgan fingerprint density at radius 2 is 1.55 bits per heavy atom. The van der Waals surface area contributed by atoms with Crippen molar-refractivity contribution in [1.82, 2.24) is 15.5 Å². The van der Waals surface area contributed by atoms with Crippen molar-refractivity contribution in [3.05, 3.63) is 113 Å². The number of aromatic nitrogens is 2. The summed E-state index contributed by atoms with van der Waals surface area (Å²) in [5, 5.41) is 6.89. The molecule has 0 atom stereocenters. The van der Waals surface area contributed by atoms with Gasteiger partial charge in [0.25, 0.3) is 5.91 Å². The van der Waals surface area contributed by atoms with Crippen LogP contribution in [0.25, 0.3) is 0 Å². The van der Waals surface area contributed by atoms with E-state index in [1.165, 1.54) is 0 Å². The van der Waals surface area contributed by atoms with Crippen LogP contribution in [0.1, 0.15) is 39.1 Å². The molecule has 4 rings (SSSR count). The number of para-hydroxylation sites is 1. The minimum absolute atomic E-state index is 0.0433. The Balaban J connectivity index is 1.48. The smallest absolute Gasteiger partial charge is 0.255 e. The van der Waals surface area contributed by atoms with E-state index in [1.807, 2.05) is 48.5 Å². The molecular weight excluding hydrogens is 390 g/mol.